The number of benzene rings is 1. The Bertz CT molecular complexity index is 602. The first-order valence-corrected chi connectivity index (χ1v) is 7.06. The summed E-state index contributed by atoms with van der Waals surface area (Å²) >= 11 is 0. The monoisotopic (exact) mass is 289 g/mol. The van der Waals surface area contributed by atoms with Crippen molar-refractivity contribution in [2.75, 3.05) is 36.9 Å². The number of nitrogens with zero attached hydrogens (tertiary/aromatic N) is 2. The summed E-state index contributed by atoms with van der Waals surface area (Å²) in [4.78, 5) is 2.00. The molecule has 2 aromatic rings. The van der Waals surface area contributed by atoms with E-state index in [0.29, 0.717) is 18.8 Å². The fraction of sp³-hybridized carbons (Fsp3) is 0.375. The summed E-state index contributed by atoms with van der Waals surface area (Å²) < 4.78 is 1.99. The zero-order valence-electron chi connectivity index (χ0n) is 12.6. The standard InChI is InChI=1S/C16H23N3O2/c1-12-9-14(17)10-15(13-3-4-18(2)11-13)16(12)19(5-7-20)6-8-21/h3-4,9-11,20-21H,5-8,17H2,1-2H3. The molecule has 0 saturated heterocycles. The summed E-state index contributed by atoms with van der Waals surface area (Å²) in [6.45, 7) is 3.03. The van der Waals surface area contributed by atoms with E-state index in [1.807, 2.05) is 54.0 Å². The van der Waals surface area contributed by atoms with Gasteiger partial charge in [0.2, 0.25) is 0 Å². The van der Waals surface area contributed by atoms with E-state index in [1.54, 1.807) is 0 Å². The highest BCUT2D eigenvalue weighted by atomic mass is 16.3. The SMILES string of the molecule is Cc1cc(N)cc(-c2ccn(C)c2)c1N(CCO)CCO. The van der Waals surface area contributed by atoms with E-state index < -0.39 is 0 Å². The number of aryl methyl sites for hydroxylation is 2. The van der Waals surface area contributed by atoms with Crippen LogP contribution in [0.4, 0.5) is 11.4 Å². The molecule has 0 radical (unpaired) electrons. The second kappa shape index (κ2) is 6.65. The highest BCUT2D eigenvalue weighted by Crippen LogP contribution is 2.36. The van der Waals surface area contributed by atoms with Gasteiger partial charge in [-0.05, 0) is 30.7 Å². The fourth-order valence-electron chi connectivity index (χ4n) is 2.69. The van der Waals surface area contributed by atoms with Crippen LogP contribution in [0, 0.1) is 6.92 Å². The van der Waals surface area contributed by atoms with E-state index in [-0.39, 0.29) is 13.2 Å². The summed E-state index contributed by atoms with van der Waals surface area (Å²) in [5.74, 6) is 0. The average Bonchev–Trinajstić information content (AvgIpc) is 2.84. The lowest BCUT2D eigenvalue weighted by atomic mass is 10.0. The minimum atomic E-state index is 0.0397. The number of aliphatic hydroxyl groups excluding tert-OH is 2. The van der Waals surface area contributed by atoms with E-state index in [2.05, 4.69) is 0 Å². The van der Waals surface area contributed by atoms with Gasteiger partial charge in [0.25, 0.3) is 0 Å². The molecule has 1 heterocycles. The summed E-state index contributed by atoms with van der Waals surface area (Å²) in [5.41, 5.74) is 10.9. The first-order valence-electron chi connectivity index (χ1n) is 7.06. The molecule has 5 nitrogen and oxygen atoms in total. The van der Waals surface area contributed by atoms with Crippen LogP contribution < -0.4 is 10.6 Å². The minimum absolute atomic E-state index is 0.0397. The van der Waals surface area contributed by atoms with Gasteiger partial charge >= 0.3 is 0 Å². The first-order chi connectivity index (χ1) is 10.1. The van der Waals surface area contributed by atoms with Gasteiger partial charge in [-0.2, -0.15) is 0 Å². The lowest BCUT2D eigenvalue weighted by Crippen LogP contribution is -2.30. The van der Waals surface area contributed by atoms with Crippen LogP contribution in [0.1, 0.15) is 5.56 Å². The highest BCUT2D eigenvalue weighted by Gasteiger charge is 2.16. The van der Waals surface area contributed by atoms with Crippen LogP contribution in [-0.2, 0) is 7.05 Å². The van der Waals surface area contributed by atoms with Gasteiger partial charge < -0.3 is 25.4 Å². The van der Waals surface area contributed by atoms with Gasteiger partial charge in [-0.25, -0.2) is 0 Å². The van der Waals surface area contributed by atoms with Crippen LogP contribution in [0.3, 0.4) is 0 Å². The van der Waals surface area contributed by atoms with E-state index in [1.165, 1.54) is 0 Å². The quantitative estimate of drug-likeness (QED) is 0.702. The molecule has 0 spiro atoms. The summed E-state index contributed by atoms with van der Waals surface area (Å²) in [7, 11) is 1.97. The second-order valence-corrected chi connectivity index (χ2v) is 5.23. The predicted octanol–water partition coefficient (Wildman–Crippen LogP) is 1.37. The molecule has 4 N–H and O–H groups in total. The zero-order valence-corrected chi connectivity index (χ0v) is 12.6. The maximum absolute atomic E-state index is 9.28. The molecule has 5 heteroatoms. The summed E-state index contributed by atoms with van der Waals surface area (Å²) in [5, 5.41) is 18.6. The van der Waals surface area contributed by atoms with Crippen LogP contribution in [-0.4, -0.2) is 41.1 Å². The van der Waals surface area contributed by atoms with Crippen molar-refractivity contribution in [1.82, 2.24) is 4.57 Å². The normalized spacial score (nSPS) is 10.9. The smallest absolute Gasteiger partial charge is 0.0606 e. The van der Waals surface area contributed by atoms with E-state index in [9.17, 15) is 10.2 Å². The van der Waals surface area contributed by atoms with Crippen molar-refractivity contribution in [1.29, 1.82) is 0 Å². The number of aromatic nitrogens is 1. The Morgan fingerprint density at radius 1 is 1.19 bits per heavy atom. The zero-order chi connectivity index (χ0) is 15.4. The van der Waals surface area contributed by atoms with Gasteiger partial charge in [-0.1, -0.05) is 0 Å². The second-order valence-electron chi connectivity index (χ2n) is 5.23. The van der Waals surface area contributed by atoms with Crippen molar-refractivity contribution >= 4 is 11.4 Å². The van der Waals surface area contributed by atoms with Gasteiger partial charge in [0.15, 0.2) is 0 Å². The molecule has 114 valence electrons. The Morgan fingerprint density at radius 3 is 2.38 bits per heavy atom. The molecule has 0 aliphatic carbocycles. The number of rotatable bonds is 6. The number of anilines is 2. The van der Waals surface area contributed by atoms with E-state index >= 15 is 0 Å². The number of aliphatic hydroxyl groups is 2. The summed E-state index contributed by atoms with van der Waals surface area (Å²) in [6, 6.07) is 5.90. The Labute approximate surface area is 125 Å². The Morgan fingerprint density at radius 2 is 1.86 bits per heavy atom. The molecule has 1 aromatic carbocycles. The van der Waals surface area contributed by atoms with Crippen molar-refractivity contribution in [3.05, 3.63) is 36.2 Å². The van der Waals surface area contributed by atoms with E-state index in [0.717, 1.165) is 22.4 Å². The van der Waals surface area contributed by atoms with Gasteiger partial charge in [0.05, 0.1) is 13.2 Å². The number of hydrogen-bond acceptors (Lipinski definition) is 4. The number of nitrogens with two attached hydrogens (primary N) is 1. The number of nitrogen functional groups attached to an aromatic ring is 1. The van der Waals surface area contributed by atoms with Crippen LogP contribution in [0.15, 0.2) is 30.6 Å². The third kappa shape index (κ3) is 3.37. The van der Waals surface area contributed by atoms with Gasteiger partial charge in [0, 0.05) is 55.0 Å². The van der Waals surface area contributed by atoms with Gasteiger partial charge in [-0.3, -0.25) is 0 Å². The predicted molar refractivity (Wildman–Crippen MR) is 86.4 cm³/mol. The highest BCUT2D eigenvalue weighted by molar-refractivity contribution is 5.83. The largest absolute Gasteiger partial charge is 0.399 e. The molecule has 0 atom stereocenters. The number of hydrogen-bond donors (Lipinski definition) is 3. The molecule has 1 aromatic heterocycles. The first kappa shape index (κ1) is 15.4. The van der Waals surface area contributed by atoms with Crippen LogP contribution in [0.2, 0.25) is 0 Å². The molecule has 0 aliphatic rings. The maximum atomic E-state index is 9.28. The van der Waals surface area contributed by atoms with Crippen molar-refractivity contribution in [2.24, 2.45) is 7.05 Å². The fourth-order valence-corrected chi connectivity index (χ4v) is 2.69. The van der Waals surface area contributed by atoms with Crippen LogP contribution in [0.25, 0.3) is 11.1 Å². The maximum Gasteiger partial charge on any atom is 0.0606 e. The third-order valence-electron chi connectivity index (χ3n) is 3.52. The molecule has 21 heavy (non-hydrogen) atoms. The molecule has 2 rings (SSSR count). The van der Waals surface area contributed by atoms with Crippen molar-refractivity contribution in [2.45, 2.75) is 6.92 Å². The van der Waals surface area contributed by atoms with Gasteiger partial charge in [0.1, 0.15) is 0 Å². The van der Waals surface area contributed by atoms with Crippen molar-refractivity contribution < 1.29 is 10.2 Å². The van der Waals surface area contributed by atoms with Crippen LogP contribution in [0.5, 0.6) is 0 Å². The minimum Gasteiger partial charge on any atom is -0.399 e. The molecule has 0 unspecified atom stereocenters. The average molecular weight is 289 g/mol. The molecule has 0 bridgehead atoms. The lowest BCUT2D eigenvalue weighted by Gasteiger charge is -2.28. The third-order valence-corrected chi connectivity index (χ3v) is 3.52. The summed E-state index contributed by atoms with van der Waals surface area (Å²) in [6.07, 6.45) is 4.02. The topological polar surface area (TPSA) is 74.7 Å². The molecular weight excluding hydrogens is 266 g/mol. The van der Waals surface area contributed by atoms with Crippen LogP contribution >= 0.6 is 0 Å². The molecule has 0 fully saturated rings. The van der Waals surface area contributed by atoms with E-state index in [4.69, 9.17) is 5.73 Å². The molecule has 0 amide bonds. The Hall–Kier alpha value is -1.98. The Balaban J connectivity index is 2.57. The van der Waals surface area contributed by atoms with Gasteiger partial charge in [-0.15, -0.1) is 0 Å². The Kier molecular flexibility index (Phi) is 4.88. The lowest BCUT2D eigenvalue weighted by molar-refractivity contribution is 0.281. The van der Waals surface area contributed by atoms with Crippen molar-refractivity contribution in [3.63, 3.8) is 0 Å². The molecule has 0 aliphatic heterocycles. The molecular formula is C16H23N3O2. The molecule has 0 saturated carbocycles. The van der Waals surface area contributed by atoms with Crippen molar-refractivity contribution in [3.8, 4) is 11.1 Å².